The van der Waals surface area contributed by atoms with Crippen LogP contribution in [0, 0.1) is 5.92 Å². The van der Waals surface area contributed by atoms with E-state index in [-0.39, 0.29) is 0 Å². The average molecular weight is 336 g/mol. The molecule has 0 aliphatic carbocycles. The predicted molar refractivity (Wildman–Crippen MR) is 105 cm³/mol. The summed E-state index contributed by atoms with van der Waals surface area (Å²) in [5, 5.41) is 8.35. The molecule has 3 aliphatic heterocycles. The molecular weight excluding hydrogens is 308 g/mol. The molecule has 0 saturated carbocycles. The van der Waals surface area contributed by atoms with E-state index in [1.807, 2.05) is 68.7 Å². The van der Waals surface area contributed by atoms with Gasteiger partial charge >= 0.3 is 0 Å². The van der Waals surface area contributed by atoms with Crippen LogP contribution in [0.15, 0.2) is 64.8 Å². The Morgan fingerprint density at radius 1 is 0.760 bits per heavy atom. The van der Waals surface area contributed by atoms with Crippen molar-refractivity contribution >= 4 is 17.1 Å². The van der Waals surface area contributed by atoms with Crippen molar-refractivity contribution in [1.29, 1.82) is 0 Å². The molecule has 3 heterocycles. The Morgan fingerprint density at radius 3 is 1.68 bits per heavy atom. The Hall–Kier alpha value is -2.20. The number of anilines is 1. The van der Waals surface area contributed by atoms with E-state index in [0.717, 1.165) is 23.0 Å². The van der Waals surface area contributed by atoms with Gasteiger partial charge in [-0.15, -0.1) is 0 Å². The van der Waals surface area contributed by atoms with Gasteiger partial charge in [0, 0.05) is 19.8 Å². The smallest absolute Gasteiger partial charge is 0.0858 e. The molecule has 0 aromatic heterocycles. The van der Waals surface area contributed by atoms with Crippen molar-refractivity contribution in [2.75, 3.05) is 38.6 Å². The molecule has 2 aromatic carbocycles. The zero-order chi connectivity index (χ0) is 17.5. The van der Waals surface area contributed by atoms with Gasteiger partial charge in [0.25, 0.3) is 0 Å². The van der Waals surface area contributed by atoms with Crippen LogP contribution in [0.1, 0.15) is 19.3 Å². The second-order valence-electron chi connectivity index (χ2n) is 7.02. The lowest BCUT2D eigenvalue weighted by molar-refractivity contribution is 0.111. The van der Waals surface area contributed by atoms with Gasteiger partial charge < -0.3 is 9.80 Å². The number of fused-ring (bicyclic) bond motifs is 3. The van der Waals surface area contributed by atoms with Gasteiger partial charge in [-0.25, -0.2) is 0 Å². The van der Waals surface area contributed by atoms with Crippen LogP contribution in [-0.4, -0.2) is 38.6 Å². The standard InChI is InChI=1S/C14H15N3.C7H13N/c1-17(2)14-10-8-13(9-11-14)16-15-12-6-4-3-5-7-12;1-4-8-5-2-7(1)3-6-8/h3-11H,1-2H3;7H,1-6H2/b16-15+;. The summed E-state index contributed by atoms with van der Waals surface area (Å²) in [6.07, 6.45) is 4.46. The monoisotopic (exact) mass is 336 g/mol. The lowest BCUT2D eigenvalue weighted by Gasteiger charge is -2.38. The van der Waals surface area contributed by atoms with Crippen molar-refractivity contribution in [3.05, 3.63) is 54.6 Å². The van der Waals surface area contributed by atoms with Gasteiger partial charge in [0.15, 0.2) is 0 Å². The van der Waals surface area contributed by atoms with Crippen molar-refractivity contribution in [2.45, 2.75) is 19.3 Å². The molecule has 5 rings (SSSR count). The summed E-state index contributed by atoms with van der Waals surface area (Å²) in [7, 11) is 4.03. The SMILES string of the molecule is C1CN2CCC1CC2.CN(C)c1ccc(/N=N/c2ccccc2)cc1. The normalized spacial score (nSPS) is 21.7. The molecule has 0 N–H and O–H groups in total. The van der Waals surface area contributed by atoms with Gasteiger partial charge in [-0.05, 0) is 81.2 Å². The lowest BCUT2D eigenvalue weighted by Crippen LogP contribution is -2.41. The number of benzene rings is 2. The first-order valence-electron chi connectivity index (χ1n) is 9.17. The first-order chi connectivity index (χ1) is 12.2. The molecule has 2 bridgehead atoms. The van der Waals surface area contributed by atoms with Gasteiger partial charge in [-0.2, -0.15) is 10.2 Å². The van der Waals surface area contributed by atoms with Gasteiger partial charge in [0.05, 0.1) is 11.4 Å². The maximum absolute atomic E-state index is 4.18. The van der Waals surface area contributed by atoms with Crippen molar-refractivity contribution in [3.63, 3.8) is 0 Å². The first kappa shape index (κ1) is 17.6. The van der Waals surface area contributed by atoms with E-state index in [1.54, 1.807) is 0 Å². The quantitative estimate of drug-likeness (QED) is 0.715. The average Bonchev–Trinajstić information content (AvgIpc) is 2.69. The number of hydrogen-bond donors (Lipinski definition) is 0. The molecule has 3 aliphatic rings. The summed E-state index contributed by atoms with van der Waals surface area (Å²) in [4.78, 5) is 4.64. The van der Waals surface area contributed by atoms with E-state index in [4.69, 9.17) is 0 Å². The van der Waals surface area contributed by atoms with Crippen LogP contribution >= 0.6 is 0 Å². The molecule has 0 spiro atoms. The highest BCUT2D eigenvalue weighted by Gasteiger charge is 2.24. The van der Waals surface area contributed by atoms with Crippen LogP contribution in [0.2, 0.25) is 0 Å². The maximum atomic E-state index is 4.18. The molecular formula is C21H28N4. The summed E-state index contributed by atoms with van der Waals surface area (Å²) in [5.74, 6) is 1.11. The fraction of sp³-hybridized carbons (Fsp3) is 0.429. The number of hydrogen-bond acceptors (Lipinski definition) is 4. The van der Waals surface area contributed by atoms with Gasteiger partial charge in [-0.1, -0.05) is 18.2 Å². The molecule has 25 heavy (non-hydrogen) atoms. The highest BCUT2D eigenvalue weighted by molar-refractivity contribution is 5.51. The third-order valence-corrected chi connectivity index (χ3v) is 4.96. The van der Waals surface area contributed by atoms with E-state index in [2.05, 4.69) is 20.0 Å². The molecule has 4 heteroatoms. The van der Waals surface area contributed by atoms with Crippen molar-refractivity contribution in [3.8, 4) is 0 Å². The van der Waals surface area contributed by atoms with Crippen LogP contribution in [0.3, 0.4) is 0 Å². The Balaban J connectivity index is 0.000000188. The third kappa shape index (κ3) is 5.40. The minimum Gasteiger partial charge on any atom is -0.378 e. The van der Waals surface area contributed by atoms with Crippen molar-refractivity contribution < 1.29 is 0 Å². The summed E-state index contributed by atoms with van der Waals surface area (Å²) in [6, 6.07) is 17.7. The topological polar surface area (TPSA) is 31.2 Å². The second kappa shape index (κ2) is 8.77. The number of azo groups is 1. The van der Waals surface area contributed by atoms with Crippen molar-refractivity contribution in [1.82, 2.24) is 4.90 Å². The van der Waals surface area contributed by atoms with Crippen LogP contribution in [0.25, 0.3) is 0 Å². The molecule has 0 unspecified atom stereocenters. The molecule has 2 aromatic rings. The van der Waals surface area contributed by atoms with E-state index in [9.17, 15) is 0 Å². The Morgan fingerprint density at radius 2 is 1.28 bits per heavy atom. The van der Waals surface area contributed by atoms with E-state index in [0.29, 0.717) is 0 Å². The number of rotatable bonds is 3. The fourth-order valence-corrected chi connectivity index (χ4v) is 3.29. The van der Waals surface area contributed by atoms with Crippen molar-refractivity contribution in [2.24, 2.45) is 16.1 Å². The first-order valence-corrected chi connectivity index (χ1v) is 9.17. The maximum Gasteiger partial charge on any atom is 0.0858 e. The highest BCUT2D eigenvalue weighted by atomic mass is 15.1. The minimum absolute atomic E-state index is 0.861. The highest BCUT2D eigenvalue weighted by Crippen LogP contribution is 2.26. The Kier molecular flexibility index (Phi) is 6.18. The summed E-state index contributed by atoms with van der Waals surface area (Å²) in [6.45, 7) is 4.18. The minimum atomic E-state index is 0.861. The largest absolute Gasteiger partial charge is 0.378 e. The van der Waals surface area contributed by atoms with Crippen LogP contribution in [-0.2, 0) is 0 Å². The van der Waals surface area contributed by atoms with E-state index < -0.39 is 0 Å². The molecule has 132 valence electrons. The zero-order valence-electron chi connectivity index (χ0n) is 15.3. The molecule has 4 nitrogen and oxygen atoms in total. The Bertz CT molecular complexity index is 633. The zero-order valence-corrected chi connectivity index (χ0v) is 15.3. The predicted octanol–water partition coefficient (Wildman–Crippen LogP) is 5.27. The molecule has 0 radical (unpaired) electrons. The van der Waals surface area contributed by atoms with Gasteiger partial charge in [0.2, 0.25) is 0 Å². The Labute approximate surface area is 151 Å². The fourth-order valence-electron chi connectivity index (χ4n) is 3.29. The van der Waals surface area contributed by atoms with Crippen LogP contribution < -0.4 is 4.90 Å². The summed E-state index contributed by atoms with van der Waals surface area (Å²) in [5.41, 5.74) is 2.88. The van der Waals surface area contributed by atoms with Crippen LogP contribution in [0.4, 0.5) is 17.1 Å². The van der Waals surface area contributed by atoms with E-state index in [1.165, 1.54) is 38.9 Å². The third-order valence-electron chi connectivity index (χ3n) is 4.96. The van der Waals surface area contributed by atoms with Gasteiger partial charge in [0.1, 0.15) is 0 Å². The number of nitrogens with zero attached hydrogens (tertiary/aromatic N) is 4. The number of piperidine rings is 3. The van der Waals surface area contributed by atoms with Crippen LogP contribution in [0.5, 0.6) is 0 Å². The van der Waals surface area contributed by atoms with E-state index >= 15 is 0 Å². The summed E-state index contributed by atoms with van der Waals surface area (Å²) < 4.78 is 0. The summed E-state index contributed by atoms with van der Waals surface area (Å²) >= 11 is 0. The van der Waals surface area contributed by atoms with Gasteiger partial charge in [-0.3, -0.25) is 0 Å². The molecule has 3 saturated heterocycles. The molecule has 0 amide bonds. The lowest BCUT2D eigenvalue weighted by atomic mass is 9.89. The molecule has 0 atom stereocenters. The molecule has 3 fully saturated rings. The second-order valence-corrected chi connectivity index (χ2v) is 7.02.